The predicted molar refractivity (Wildman–Crippen MR) is 107 cm³/mol. The predicted octanol–water partition coefficient (Wildman–Crippen LogP) is 1.98. The van der Waals surface area contributed by atoms with Crippen LogP contribution in [0.4, 0.5) is 5.69 Å². The van der Waals surface area contributed by atoms with Gasteiger partial charge in [-0.1, -0.05) is 0 Å². The third-order valence-corrected chi connectivity index (χ3v) is 3.97. The number of fused-ring (bicyclic) bond motifs is 1. The van der Waals surface area contributed by atoms with Crippen molar-refractivity contribution in [3.05, 3.63) is 27.3 Å². The molecule has 162 valence electrons. The summed E-state index contributed by atoms with van der Waals surface area (Å²) >= 11 is 0. The maximum Gasteiger partial charge on any atom is 0.320 e. The third-order valence-electron chi connectivity index (χ3n) is 3.97. The van der Waals surface area contributed by atoms with E-state index in [0.717, 1.165) is 0 Å². The number of rotatable bonds is 8. The topological polar surface area (TPSA) is 143 Å². The summed E-state index contributed by atoms with van der Waals surface area (Å²) in [4.78, 5) is 44.0. The van der Waals surface area contributed by atoms with Gasteiger partial charge in [-0.25, -0.2) is 9.97 Å². The van der Waals surface area contributed by atoms with Crippen LogP contribution in [0.5, 0.6) is 11.8 Å². The largest absolute Gasteiger partial charge is 0.477 e. The summed E-state index contributed by atoms with van der Waals surface area (Å²) in [7, 11) is 2.72. The van der Waals surface area contributed by atoms with Gasteiger partial charge in [-0.3, -0.25) is 25.0 Å². The SMILES string of the molecule is COc1nc2cc([N+](=O)[O-])c(C)c(C(=O)CNCC(=O)OC(C)(C)C)c2nc1OC. The number of nitrogens with one attached hydrogen (secondary N) is 1. The molecule has 11 heteroatoms. The Morgan fingerprint density at radius 3 is 2.27 bits per heavy atom. The molecule has 1 aromatic carbocycles. The van der Waals surface area contributed by atoms with Gasteiger partial charge >= 0.3 is 5.97 Å². The van der Waals surface area contributed by atoms with Crippen LogP contribution < -0.4 is 14.8 Å². The number of aromatic nitrogens is 2. The number of hydrogen-bond donors (Lipinski definition) is 1. The Hall–Kier alpha value is -3.34. The minimum absolute atomic E-state index is 0.0179. The van der Waals surface area contributed by atoms with E-state index in [0.29, 0.717) is 0 Å². The Labute approximate surface area is 172 Å². The molecule has 0 saturated heterocycles. The first kappa shape index (κ1) is 22.9. The number of esters is 1. The van der Waals surface area contributed by atoms with E-state index in [1.807, 2.05) is 0 Å². The smallest absolute Gasteiger partial charge is 0.320 e. The Bertz CT molecular complexity index is 999. The van der Waals surface area contributed by atoms with Gasteiger partial charge in [0.1, 0.15) is 16.6 Å². The standard InChI is InChI=1S/C19H24N4O7/c1-10-12(23(26)27)7-11-16(22-18(29-6)17(21-11)28-5)15(10)13(24)8-20-9-14(25)30-19(2,3)4/h7,20H,8-9H2,1-6H3. The fourth-order valence-corrected chi connectivity index (χ4v) is 2.79. The molecular weight excluding hydrogens is 396 g/mol. The Balaban J connectivity index is 2.42. The van der Waals surface area contributed by atoms with E-state index < -0.39 is 22.3 Å². The third kappa shape index (κ3) is 5.17. The molecule has 0 unspecified atom stereocenters. The Morgan fingerprint density at radius 1 is 1.13 bits per heavy atom. The van der Waals surface area contributed by atoms with Crippen molar-refractivity contribution in [1.29, 1.82) is 0 Å². The molecule has 2 aromatic rings. The number of ether oxygens (including phenoxy) is 3. The van der Waals surface area contributed by atoms with Crippen molar-refractivity contribution in [3.63, 3.8) is 0 Å². The van der Waals surface area contributed by atoms with Gasteiger partial charge in [0.25, 0.3) is 17.4 Å². The first-order chi connectivity index (χ1) is 14.0. The molecule has 1 heterocycles. The summed E-state index contributed by atoms with van der Waals surface area (Å²) in [5.74, 6) is -0.952. The van der Waals surface area contributed by atoms with Gasteiger partial charge in [-0.2, -0.15) is 0 Å². The number of nitro groups is 1. The maximum atomic E-state index is 12.9. The number of Topliss-reactive ketones (excluding diaryl/α,β-unsaturated/α-hetero) is 1. The highest BCUT2D eigenvalue weighted by molar-refractivity contribution is 6.09. The van der Waals surface area contributed by atoms with E-state index in [1.54, 1.807) is 20.8 Å². The molecule has 0 atom stereocenters. The van der Waals surface area contributed by atoms with Crippen molar-refractivity contribution in [2.75, 3.05) is 27.3 Å². The number of nitro benzene ring substituents is 1. The summed E-state index contributed by atoms with van der Waals surface area (Å²) in [5.41, 5.74) is -0.525. The molecule has 2 rings (SSSR count). The van der Waals surface area contributed by atoms with Crippen LogP contribution >= 0.6 is 0 Å². The molecule has 0 saturated carbocycles. The molecule has 0 amide bonds. The number of carbonyl (C=O) groups is 2. The normalized spacial score (nSPS) is 11.3. The van der Waals surface area contributed by atoms with Crippen molar-refractivity contribution in [1.82, 2.24) is 15.3 Å². The molecule has 30 heavy (non-hydrogen) atoms. The van der Waals surface area contributed by atoms with Crippen LogP contribution in [-0.2, 0) is 9.53 Å². The van der Waals surface area contributed by atoms with E-state index in [-0.39, 0.29) is 52.7 Å². The van der Waals surface area contributed by atoms with Crippen LogP contribution in [0.2, 0.25) is 0 Å². The van der Waals surface area contributed by atoms with Crippen LogP contribution in [-0.4, -0.2) is 59.6 Å². The van der Waals surface area contributed by atoms with Crippen LogP contribution in [0.3, 0.4) is 0 Å². The first-order valence-electron chi connectivity index (χ1n) is 9.02. The van der Waals surface area contributed by atoms with Gasteiger partial charge in [-0.05, 0) is 27.7 Å². The number of hydrogen-bond acceptors (Lipinski definition) is 10. The molecule has 0 bridgehead atoms. The van der Waals surface area contributed by atoms with Crippen molar-refractivity contribution < 1.29 is 28.7 Å². The zero-order valence-electron chi connectivity index (χ0n) is 17.7. The van der Waals surface area contributed by atoms with Crippen molar-refractivity contribution >= 4 is 28.5 Å². The summed E-state index contributed by atoms with van der Waals surface area (Å²) in [6.45, 7) is 6.19. The minimum Gasteiger partial charge on any atom is -0.477 e. The average molecular weight is 420 g/mol. The lowest BCUT2D eigenvalue weighted by atomic mass is 10.00. The van der Waals surface area contributed by atoms with Gasteiger partial charge in [0.05, 0.1) is 37.8 Å². The zero-order chi connectivity index (χ0) is 22.6. The van der Waals surface area contributed by atoms with E-state index >= 15 is 0 Å². The van der Waals surface area contributed by atoms with Crippen LogP contribution in [0.15, 0.2) is 6.07 Å². The van der Waals surface area contributed by atoms with Crippen LogP contribution in [0.1, 0.15) is 36.7 Å². The molecule has 0 fully saturated rings. The van der Waals surface area contributed by atoms with E-state index in [1.165, 1.54) is 27.2 Å². The van der Waals surface area contributed by atoms with Crippen LogP contribution in [0, 0.1) is 17.0 Å². The summed E-state index contributed by atoms with van der Waals surface area (Å²) in [6.07, 6.45) is 0. The van der Waals surface area contributed by atoms with E-state index in [2.05, 4.69) is 15.3 Å². The highest BCUT2D eigenvalue weighted by atomic mass is 16.6. The Kier molecular flexibility index (Phi) is 6.88. The fourth-order valence-electron chi connectivity index (χ4n) is 2.79. The monoisotopic (exact) mass is 420 g/mol. The number of benzene rings is 1. The fraction of sp³-hybridized carbons (Fsp3) is 0.474. The summed E-state index contributed by atoms with van der Waals surface area (Å²) < 4.78 is 15.4. The number of carbonyl (C=O) groups excluding carboxylic acids is 2. The van der Waals surface area contributed by atoms with Crippen LogP contribution in [0.25, 0.3) is 11.0 Å². The van der Waals surface area contributed by atoms with Crippen molar-refractivity contribution in [2.24, 2.45) is 0 Å². The minimum atomic E-state index is -0.652. The second kappa shape index (κ2) is 8.99. The van der Waals surface area contributed by atoms with E-state index in [9.17, 15) is 19.7 Å². The van der Waals surface area contributed by atoms with Crippen molar-refractivity contribution in [2.45, 2.75) is 33.3 Å². The number of ketones is 1. The molecule has 1 aromatic heterocycles. The van der Waals surface area contributed by atoms with Crippen molar-refractivity contribution in [3.8, 4) is 11.8 Å². The molecule has 11 nitrogen and oxygen atoms in total. The highest BCUT2D eigenvalue weighted by Gasteiger charge is 2.26. The quantitative estimate of drug-likeness (QED) is 0.291. The lowest BCUT2D eigenvalue weighted by Gasteiger charge is -2.19. The first-order valence-corrected chi connectivity index (χ1v) is 9.02. The molecule has 1 N–H and O–H groups in total. The number of nitrogens with zero attached hydrogens (tertiary/aromatic N) is 3. The molecule has 0 aliphatic rings. The average Bonchev–Trinajstić information content (AvgIpc) is 2.64. The Morgan fingerprint density at radius 2 is 1.73 bits per heavy atom. The lowest BCUT2D eigenvalue weighted by molar-refractivity contribution is -0.385. The molecule has 0 aliphatic carbocycles. The maximum absolute atomic E-state index is 12.9. The molecule has 0 aliphatic heterocycles. The summed E-state index contributed by atoms with van der Waals surface area (Å²) in [5, 5.41) is 14.2. The van der Waals surface area contributed by atoms with Gasteiger partial charge < -0.3 is 14.2 Å². The van der Waals surface area contributed by atoms with Gasteiger partial charge in [0.15, 0.2) is 5.78 Å². The molecular formula is C19H24N4O7. The second-order valence-electron chi connectivity index (χ2n) is 7.38. The van der Waals surface area contributed by atoms with Gasteiger partial charge in [-0.15, -0.1) is 0 Å². The summed E-state index contributed by atoms with van der Waals surface area (Å²) in [6, 6.07) is 1.23. The lowest BCUT2D eigenvalue weighted by Crippen LogP contribution is -2.34. The van der Waals surface area contributed by atoms with E-state index in [4.69, 9.17) is 14.2 Å². The molecule has 0 radical (unpaired) electrons. The van der Waals surface area contributed by atoms with Gasteiger partial charge in [0, 0.05) is 11.6 Å². The van der Waals surface area contributed by atoms with Gasteiger partial charge in [0.2, 0.25) is 0 Å². The number of methoxy groups -OCH3 is 2. The second-order valence-corrected chi connectivity index (χ2v) is 7.38. The molecule has 0 spiro atoms. The zero-order valence-corrected chi connectivity index (χ0v) is 17.7. The highest BCUT2D eigenvalue weighted by Crippen LogP contribution is 2.33.